The molecule has 3 aromatic rings. The third kappa shape index (κ3) is 7.48. The lowest BCUT2D eigenvalue weighted by atomic mass is 9.79. The van der Waals surface area contributed by atoms with Crippen LogP contribution in [0.4, 0.5) is 5.69 Å². The van der Waals surface area contributed by atoms with Gasteiger partial charge in [-0.3, -0.25) is 0 Å². The van der Waals surface area contributed by atoms with Crippen LogP contribution >= 0.6 is 0 Å². The number of benzene rings is 3. The fraction of sp³-hybridized carbons (Fsp3) is 0.471. The molecule has 3 aromatic carbocycles. The number of hydrogen-bond donors (Lipinski definition) is 0. The topological polar surface area (TPSA) is 34.2 Å². The summed E-state index contributed by atoms with van der Waals surface area (Å²) in [6, 6.07) is 21.8. The van der Waals surface area contributed by atoms with Crippen LogP contribution in [0.2, 0.25) is 0 Å². The van der Waals surface area contributed by atoms with Crippen LogP contribution in [0.1, 0.15) is 55.4 Å². The van der Waals surface area contributed by atoms with Crippen molar-refractivity contribution in [3.05, 3.63) is 82.9 Å². The summed E-state index contributed by atoms with van der Waals surface area (Å²) < 4.78 is 17.1. The normalized spacial score (nSPS) is 14.7. The maximum Gasteiger partial charge on any atom is 0.120 e. The predicted molar refractivity (Wildman–Crippen MR) is 162 cm³/mol. The predicted octanol–water partition coefficient (Wildman–Crippen LogP) is 6.77. The van der Waals surface area contributed by atoms with Crippen molar-refractivity contribution in [1.82, 2.24) is 4.90 Å². The van der Waals surface area contributed by atoms with E-state index in [1.54, 1.807) is 14.2 Å². The maximum absolute atomic E-state index is 5.98. The Hall–Kier alpha value is -3.18. The van der Waals surface area contributed by atoms with Crippen molar-refractivity contribution in [2.24, 2.45) is 0 Å². The molecule has 4 rings (SSSR count). The minimum Gasteiger partial charge on any atom is -0.497 e. The van der Waals surface area contributed by atoms with Crippen LogP contribution in [0.15, 0.2) is 60.7 Å². The van der Waals surface area contributed by atoms with Gasteiger partial charge >= 0.3 is 0 Å². The van der Waals surface area contributed by atoms with Crippen LogP contribution in [0.25, 0.3) is 0 Å². The van der Waals surface area contributed by atoms with E-state index in [1.807, 2.05) is 0 Å². The Morgan fingerprint density at radius 1 is 0.744 bits per heavy atom. The third-order valence-corrected chi connectivity index (χ3v) is 8.21. The Bertz CT molecular complexity index is 1170. The van der Waals surface area contributed by atoms with Crippen molar-refractivity contribution < 1.29 is 14.2 Å². The van der Waals surface area contributed by atoms with Crippen LogP contribution in [0, 0.1) is 0 Å². The summed E-state index contributed by atoms with van der Waals surface area (Å²) in [6.07, 6.45) is 4.27. The van der Waals surface area contributed by atoms with E-state index < -0.39 is 0 Å². The molecular weight excluding hydrogens is 484 g/mol. The molecule has 0 saturated heterocycles. The van der Waals surface area contributed by atoms with E-state index in [-0.39, 0.29) is 0 Å². The highest BCUT2D eigenvalue weighted by molar-refractivity contribution is 5.59. The smallest absolute Gasteiger partial charge is 0.120 e. The molecule has 39 heavy (non-hydrogen) atoms. The Kier molecular flexibility index (Phi) is 10.5. The number of anilines is 1. The fourth-order valence-corrected chi connectivity index (χ4v) is 5.69. The summed E-state index contributed by atoms with van der Waals surface area (Å²) in [6.45, 7) is 12.4. The SMILES string of the molecule is CCN(CC)CCOc1ccc(CCN(CC)c2cc(OC)ccc2C2CCc3cc(OC)ccc3C2)cc1. The van der Waals surface area contributed by atoms with E-state index in [1.165, 1.54) is 27.9 Å². The van der Waals surface area contributed by atoms with Gasteiger partial charge in [0.15, 0.2) is 0 Å². The van der Waals surface area contributed by atoms with Crippen molar-refractivity contribution in [2.45, 2.75) is 52.4 Å². The first-order chi connectivity index (χ1) is 19.1. The van der Waals surface area contributed by atoms with Gasteiger partial charge in [-0.1, -0.05) is 38.1 Å². The van der Waals surface area contributed by atoms with Crippen molar-refractivity contribution in [3.63, 3.8) is 0 Å². The lowest BCUT2D eigenvalue weighted by molar-refractivity contribution is 0.223. The number of methoxy groups -OCH3 is 2. The molecule has 1 unspecified atom stereocenters. The molecule has 5 heteroatoms. The van der Waals surface area contributed by atoms with Crippen molar-refractivity contribution in [1.29, 1.82) is 0 Å². The first kappa shape index (κ1) is 28.8. The summed E-state index contributed by atoms with van der Waals surface area (Å²) in [4.78, 5) is 4.89. The highest BCUT2D eigenvalue weighted by Gasteiger charge is 2.24. The Balaban J connectivity index is 1.43. The average molecular weight is 531 g/mol. The van der Waals surface area contributed by atoms with Gasteiger partial charge in [0.2, 0.25) is 0 Å². The van der Waals surface area contributed by atoms with E-state index in [0.29, 0.717) is 5.92 Å². The number of rotatable bonds is 14. The molecule has 210 valence electrons. The average Bonchev–Trinajstić information content (AvgIpc) is 2.99. The fourth-order valence-electron chi connectivity index (χ4n) is 5.69. The van der Waals surface area contributed by atoms with Gasteiger partial charge in [0.25, 0.3) is 0 Å². The zero-order valence-corrected chi connectivity index (χ0v) is 24.5. The van der Waals surface area contributed by atoms with Crippen LogP contribution in [0.5, 0.6) is 17.2 Å². The van der Waals surface area contributed by atoms with Gasteiger partial charge in [0, 0.05) is 31.4 Å². The molecule has 0 bridgehead atoms. The van der Waals surface area contributed by atoms with E-state index in [4.69, 9.17) is 14.2 Å². The number of aryl methyl sites for hydroxylation is 1. The number of ether oxygens (including phenoxy) is 3. The lowest BCUT2D eigenvalue weighted by Gasteiger charge is -2.32. The van der Waals surface area contributed by atoms with E-state index in [9.17, 15) is 0 Å². The highest BCUT2D eigenvalue weighted by Crippen LogP contribution is 2.40. The molecule has 0 spiro atoms. The van der Waals surface area contributed by atoms with E-state index in [2.05, 4.69) is 91.2 Å². The molecule has 1 aliphatic rings. The van der Waals surface area contributed by atoms with Gasteiger partial charge in [-0.2, -0.15) is 0 Å². The van der Waals surface area contributed by atoms with Crippen molar-refractivity contribution in [3.8, 4) is 17.2 Å². The Labute approximate surface area is 235 Å². The zero-order chi connectivity index (χ0) is 27.6. The first-order valence-corrected chi connectivity index (χ1v) is 14.6. The lowest BCUT2D eigenvalue weighted by Crippen LogP contribution is -2.28. The largest absolute Gasteiger partial charge is 0.497 e. The molecule has 0 heterocycles. The molecule has 0 amide bonds. The van der Waals surface area contributed by atoms with Crippen LogP contribution < -0.4 is 19.1 Å². The number of nitrogens with zero attached hydrogens (tertiary/aromatic N) is 2. The minimum absolute atomic E-state index is 0.494. The molecule has 0 aliphatic heterocycles. The second kappa shape index (κ2) is 14.3. The monoisotopic (exact) mass is 530 g/mol. The van der Waals surface area contributed by atoms with Crippen LogP contribution in [0.3, 0.4) is 0 Å². The van der Waals surface area contributed by atoms with Crippen molar-refractivity contribution >= 4 is 5.69 Å². The Morgan fingerprint density at radius 2 is 1.44 bits per heavy atom. The summed E-state index contributed by atoms with van der Waals surface area (Å²) in [5.41, 5.74) is 6.92. The van der Waals surface area contributed by atoms with Gasteiger partial charge in [-0.15, -0.1) is 0 Å². The first-order valence-electron chi connectivity index (χ1n) is 14.6. The van der Waals surface area contributed by atoms with Crippen molar-refractivity contribution in [2.75, 3.05) is 58.5 Å². The molecule has 0 N–H and O–H groups in total. The summed E-state index contributed by atoms with van der Waals surface area (Å²) in [5.74, 6) is 3.31. The second-order valence-corrected chi connectivity index (χ2v) is 10.3. The Morgan fingerprint density at radius 3 is 2.13 bits per heavy atom. The molecule has 1 atom stereocenters. The number of fused-ring (bicyclic) bond motifs is 1. The van der Waals surface area contributed by atoms with Gasteiger partial charge in [0.05, 0.1) is 14.2 Å². The molecule has 0 saturated carbocycles. The van der Waals surface area contributed by atoms with Gasteiger partial charge in [0.1, 0.15) is 23.9 Å². The maximum atomic E-state index is 5.98. The molecule has 0 aromatic heterocycles. The summed E-state index contributed by atoms with van der Waals surface area (Å²) in [7, 11) is 3.50. The minimum atomic E-state index is 0.494. The van der Waals surface area contributed by atoms with E-state index >= 15 is 0 Å². The summed E-state index contributed by atoms with van der Waals surface area (Å²) in [5, 5.41) is 0. The van der Waals surface area contributed by atoms with Gasteiger partial charge in [-0.25, -0.2) is 0 Å². The van der Waals surface area contributed by atoms with Crippen LogP contribution in [-0.4, -0.2) is 58.5 Å². The molecular formula is C34H46N2O3. The number of hydrogen-bond acceptors (Lipinski definition) is 5. The van der Waals surface area contributed by atoms with Gasteiger partial charge in [-0.05, 0) is 104 Å². The zero-order valence-electron chi connectivity index (χ0n) is 24.5. The second-order valence-electron chi connectivity index (χ2n) is 10.3. The third-order valence-electron chi connectivity index (χ3n) is 8.21. The summed E-state index contributed by atoms with van der Waals surface area (Å²) >= 11 is 0. The number of likely N-dealkylation sites (N-methyl/N-ethyl adjacent to an activating group) is 2. The standard InChI is InChI=1S/C34H46N2O3/c1-6-35(7-2)21-22-39-30-14-9-26(10-15-30)19-20-36(8-3)34-25-32(38-5)17-18-33(34)29-12-11-28-24-31(37-4)16-13-27(28)23-29/h9-10,13-18,24-25,29H,6-8,11-12,19-23H2,1-5H3. The quantitative estimate of drug-likeness (QED) is 0.230. The molecule has 0 radical (unpaired) electrons. The molecule has 0 fully saturated rings. The molecule has 5 nitrogen and oxygen atoms in total. The van der Waals surface area contributed by atoms with E-state index in [0.717, 1.165) is 82.3 Å². The molecule has 1 aliphatic carbocycles. The van der Waals surface area contributed by atoms with Gasteiger partial charge < -0.3 is 24.0 Å². The highest BCUT2D eigenvalue weighted by atomic mass is 16.5. The van der Waals surface area contributed by atoms with Crippen LogP contribution in [-0.2, 0) is 19.3 Å².